The van der Waals surface area contributed by atoms with Gasteiger partial charge in [-0.05, 0) is 72.9 Å². The summed E-state index contributed by atoms with van der Waals surface area (Å²) in [6.45, 7) is 0.855. The molecule has 9 heteroatoms. The van der Waals surface area contributed by atoms with Crippen LogP contribution < -0.4 is 15.0 Å². The summed E-state index contributed by atoms with van der Waals surface area (Å²) >= 11 is 12.4. The Morgan fingerprint density at radius 3 is 2.67 bits per heavy atom. The summed E-state index contributed by atoms with van der Waals surface area (Å²) in [5.74, 6) is 0.262. The first-order valence-electron chi connectivity index (χ1n) is 11.4. The Labute approximate surface area is 219 Å². The van der Waals surface area contributed by atoms with E-state index in [0.717, 1.165) is 17.1 Å². The number of rotatable bonds is 8. The van der Waals surface area contributed by atoms with Gasteiger partial charge >= 0.3 is 0 Å². The Kier molecular flexibility index (Phi) is 7.18. The maximum Gasteiger partial charge on any atom is 0.174 e. The van der Waals surface area contributed by atoms with Gasteiger partial charge in [0.25, 0.3) is 0 Å². The zero-order chi connectivity index (χ0) is 25.1. The Morgan fingerprint density at radius 1 is 1.03 bits per heavy atom. The molecule has 1 saturated heterocycles. The molecule has 0 aliphatic carbocycles. The number of methoxy groups -OCH3 is 1. The van der Waals surface area contributed by atoms with Crippen LogP contribution in [-0.4, -0.2) is 35.0 Å². The SMILES string of the molecule is COCCOc1ccc(N2C(=S)N[C@@H](c3ccccn3)[C@H]2c2cccn2-c2cccc(F)c2)cc1Cl. The third-order valence-electron chi connectivity index (χ3n) is 6.01. The molecule has 1 aliphatic heterocycles. The van der Waals surface area contributed by atoms with Crippen molar-refractivity contribution in [3.63, 3.8) is 0 Å². The van der Waals surface area contributed by atoms with Crippen molar-refractivity contribution in [2.45, 2.75) is 12.1 Å². The van der Waals surface area contributed by atoms with E-state index in [1.807, 2.05) is 70.3 Å². The molecule has 5 rings (SSSR count). The highest BCUT2D eigenvalue weighted by Crippen LogP contribution is 2.43. The quantitative estimate of drug-likeness (QED) is 0.231. The predicted octanol–water partition coefficient (Wildman–Crippen LogP) is 5.87. The summed E-state index contributed by atoms with van der Waals surface area (Å²) in [7, 11) is 1.62. The number of nitrogens with zero attached hydrogens (tertiary/aromatic N) is 3. The molecular formula is C27H24ClFN4O2S. The largest absolute Gasteiger partial charge is 0.490 e. The second-order valence-electron chi connectivity index (χ2n) is 8.24. The summed E-state index contributed by atoms with van der Waals surface area (Å²) in [5, 5.41) is 4.44. The van der Waals surface area contributed by atoms with Crippen LogP contribution in [0, 0.1) is 5.82 Å². The number of halogens is 2. The Morgan fingerprint density at radius 2 is 1.92 bits per heavy atom. The van der Waals surface area contributed by atoms with E-state index in [1.165, 1.54) is 12.1 Å². The van der Waals surface area contributed by atoms with Crippen molar-refractivity contribution in [1.29, 1.82) is 0 Å². The highest BCUT2D eigenvalue weighted by atomic mass is 35.5. The number of thiocarbonyl (C=S) groups is 1. The maximum atomic E-state index is 14.1. The molecule has 184 valence electrons. The lowest BCUT2D eigenvalue weighted by atomic mass is 10.0. The smallest absolute Gasteiger partial charge is 0.174 e. The molecular weight excluding hydrogens is 499 g/mol. The average molecular weight is 523 g/mol. The number of hydrogen-bond acceptors (Lipinski definition) is 4. The highest BCUT2D eigenvalue weighted by molar-refractivity contribution is 7.80. The standard InChI is InChI=1S/C27H24ClFN4O2S/c1-34-14-15-35-24-11-10-20(17-21(24)28)33-26(25(31-27(33)36)22-8-2-3-12-30-22)23-9-5-13-32(23)19-7-4-6-18(29)16-19/h2-13,16-17,25-26H,14-15H2,1H3,(H,31,36)/t25-,26+/m0/s1. The van der Waals surface area contributed by atoms with E-state index in [-0.39, 0.29) is 17.9 Å². The van der Waals surface area contributed by atoms with Gasteiger partial charge < -0.3 is 24.3 Å². The van der Waals surface area contributed by atoms with Gasteiger partial charge in [0.1, 0.15) is 24.2 Å². The van der Waals surface area contributed by atoms with Crippen LogP contribution in [0.15, 0.2) is 85.2 Å². The molecule has 0 radical (unpaired) electrons. The van der Waals surface area contributed by atoms with Crippen LogP contribution in [-0.2, 0) is 4.74 Å². The summed E-state index contributed by atoms with van der Waals surface area (Å²) in [5.41, 5.74) is 3.27. The fourth-order valence-electron chi connectivity index (χ4n) is 4.42. The van der Waals surface area contributed by atoms with E-state index in [2.05, 4.69) is 10.3 Å². The Hall–Kier alpha value is -3.46. The van der Waals surface area contributed by atoms with Crippen LogP contribution in [0.2, 0.25) is 5.02 Å². The van der Waals surface area contributed by atoms with E-state index >= 15 is 0 Å². The van der Waals surface area contributed by atoms with Gasteiger partial charge in [-0.1, -0.05) is 23.7 Å². The van der Waals surface area contributed by atoms with Gasteiger partial charge in [-0.3, -0.25) is 4.98 Å². The Balaban J connectivity index is 1.59. The molecule has 36 heavy (non-hydrogen) atoms. The van der Waals surface area contributed by atoms with Crippen molar-refractivity contribution in [2.75, 3.05) is 25.2 Å². The fraction of sp³-hybridized carbons (Fsp3) is 0.185. The lowest BCUT2D eigenvalue weighted by Gasteiger charge is -2.29. The van der Waals surface area contributed by atoms with Gasteiger partial charge in [0.2, 0.25) is 0 Å². The summed E-state index contributed by atoms with van der Waals surface area (Å²) in [4.78, 5) is 6.62. The molecule has 6 nitrogen and oxygen atoms in total. The molecule has 2 aromatic heterocycles. The Bertz CT molecular complexity index is 1370. The molecule has 3 heterocycles. The molecule has 0 saturated carbocycles. The average Bonchev–Trinajstić information content (AvgIpc) is 3.50. The van der Waals surface area contributed by atoms with Gasteiger partial charge in [-0.2, -0.15) is 0 Å². The first-order valence-corrected chi connectivity index (χ1v) is 12.2. The van der Waals surface area contributed by atoms with E-state index in [0.29, 0.717) is 34.8 Å². The van der Waals surface area contributed by atoms with Gasteiger partial charge in [-0.15, -0.1) is 0 Å². The van der Waals surface area contributed by atoms with Crippen LogP contribution in [0.5, 0.6) is 5.75 Å². The van der Waals surface area contributed by atoms with E-state index in [1.54, 1.807) is 19.4 Å². The summed E-state index contributed by atoms with van der Waals surface area (Å²) in [6.07, 6.45) is 3.67. The van der Waals surface area contributed by atoms with Crippen LogP contribution in [0.1, 0.15) is 23.5 Å². The molecule has 1 fully saturated rings. The molecule has 0 amide bonds. The minimum atomic E-state index is -0.304. The summed E-state index contributed by atoms with van der Waals surface area (Å²) < 4.78 is 26.9. The molecule has 0 bridgehead atoms. The number of aromatic nitrogens is 2. The third kappa shape index (κ3) is 4.80. The van der Waals surface area contributed by atoms with Crippen molar-refractivity contribution in [2.24, 2.45) is 0 Å². The van der Waals surface area contributed by atoms with E-state index in [4.69, 9.17) is 33.3 Å². The molecule has 0 spiro atoms. The lowest BCUT2D eigenvalue weighted by Crippen LogP contribution is -2.30. The van der Waals surface area contributed by atoms with Gasteiger partial charge in [-0.25, -0.2) is 4.39 Å². The second-order valence-corrected chi connectivity index (χ2v) is 9.03. The maximum absolute atomic E-state index is 14.1. The number of pyridine rings is 1. The van der Waals surface area contributed by atoms with Crippen LogP contribution in [0.4, 0.5) is 10.1 Å². The van der Waals surface area contributed by atoms with Crippen LogP contribution in [0.25, 0.3) is 5.69 Å². The first-order chi connectivity index (χ1) is 17.6. The van der Waals surface area contributed by atoms with Gasteiger partial charge in [0.05, 0.1) is 23.4 Å². The first kappa shape index (κ1) is 24.2. The number of hydrogen-bond donors (Lipinski definition) is 1. The number of ether oxygens (including phenoxy) is 2. The normalized spacial score (nSPS) is 17.3. The number of anilines is 1. The van der Waals surface area contributed by atoms with Gasteiger partial charge in [0, 0.05) is 36.6 Å². The number of nitrogens with one attached hydrogen (secondary N) is 1. The minimum absolute atomic E-state index is 0.252. The second kappa shape index (κ2) is 10.7. The topological polar surface area (TPSA) is 51.6 Å². The van der Waals surface area contributed by atoms with Gasteiger partial charge in [0.15, 0.2) is 5.11 Å². The van der Waals surface area contributed by atoms with Crippen LogP contribution in [0.3, 0.4) is 0 Å². The van der Waals surface area contributed by atoms with E-state index < -0.39 is 0 Å². The molecule has 2 atom stereocenters. The number of benzene rings is 2. The zero-order valence-electron chi connectivity index (χ0n) is 19.5. The van der Waals surface area contributed by atoms with Crippen molar-refractivity contribution in [1.82, 2.24) is 14.9 Å². The van der Waals surface area contributed by atoms with Crippen molar-refractivity contribution in [3.8, 4) is 11.4 Å². The van der Waals surface area contributed by atoms with Crippen molar-refractivity contribution < 1.29 is 13.9 Å². The lowest BCUT2D eigenvalue weighted by molar-refractivity contribution is 0.146. The third-order valence-corrected chi connectivity index (χ3v) is 6.62. The molecule has 0 unspecified atom stereocenters. The van der Waals surface area contributed by atoms with E-state index in [9.17, 15) is 4.39 Å². The predicted molar refractivity (Wildman–Crippen MR) is 142 cm³/mol. The molecule has 2 aromatic carbocycles. The van der Waals surface area contributed by atoms with Crippen molar-refractivity contribution >= 4 is 34.6 Å². The highest BCUT2D eigenvalue weighted by Gasteiger charge is 2.42. The fourth-order valence-corrected chi connectivity index (χ4v) is 5.00. The molecule has 4 aromatic rings. The molecule has 1 N–H and O–H groups in total. The van der Waals surface area contributed by atoms with Crippen molar-refractivity contribution in [3.05, 3.63) is 107 Å². The minimum Gasteiger partial charge on any atom is -0.490 e. The van der Waals surface area contributed by atoms with Crippen LogP contribution >= 0.6 is 23.8 Å². The summed E-state index contributed by atoms with van der Waals surface area (Å²) in [6, 6.07) is 21.3. The molecule has 1 aliphatic rings. The monoisotopic (exact) mass is 522 g/mol. The zero-order valence-corrected chi connectivity index (χ0v) is 21.0.